The summed E-state index contributed by atoms with van der Waals surface area (Å²) in [6, 6.07) is 16.2. The standard InChI is InChI=1S/C17H18N2OS/c1-2-14(18)12-7-9-13(10-8-12)20-11-17-19-15-5-3-4-6-16(15)21-17/h3-10,14H,2,11,18H2,1H3/t14-/m0/s1. The third kappa shape index (κ3) is 3.23. The molecule has 0 aliphatic heterocycles. The number of fused-ring (bicyclic) bond motifs is 1. The van der Waals surface area contributed by atoms with Crippen molar-refractivity contribution in [3.63, 3.8) is 0 Å². The Morgan fingerprint density at radius 2 is 1.90 bits per heavy atom. The summed E-state index contributed by atoms with van der Waals surface area (Å²) in [5.41, 5.74) is 8.18. The first-order valence-electron chi connectivity index (χ1n) is 7.09. The number of rotatable bonds is 5. The van der Waals surface area contributed by atoms with Crippen LogP contribution in [-0.4, -0.2) is 4.98 Å². The average Bonchev–Trinajstić information content (AvgIpc) is 2.95. The lowest BCUT2D eigenvalue weighted by atomic mass is 10.1. The summed E-state index contributed by atoms with van der Waals surface area (Å²) in [6.07, 6.45) is 0.936. The van der Waals surface area contributed by atoms with Gasteiger partial charge >= 0.3 is 0 Å². The zero-order chi connectivity index (χ0) is 14.7. The molecule has 1 aromatic heterocycles. The molecule has 0 spiro atoms. The zero-order valence-electron chi connectivity index (χ0n) is 12.0. The molecule has 0 aliphatic rings. The van der Waals surface area contributed by atoms with Crippen molar-refractivity contribution in [1.29, 1.82) is 0 Å². The second kappa shape index (κ2) is 6.24. The summed E-state index contributed by atoms with van der Waals surface area (Å²) in [5.74, 6) is 0.848. The minimum absolute atomic E-state index is 0.100. The van der Waals surface area contributed by atoms with Crippen LogP contribution in [0.25, 0.3) is 10.2 Å². The molecule has 0 saturated carbocycles. The fraction of sp³-hybridized carbons (Fsp3) is 0.235. The second-order valence-corrected chi connectivity index (χ2v) is 6.06. The van der Waals surface area contributed by atoms with Gasteiger partial charge in [0.25, 0.3) is 0 Å². The SMILES string of the molecule is CC[C@H](N)c1ccc(OCc2nc3ccccc3s2)cc1. The first-order valence-corrected chi connectivity index (χ1v) is 7.90. The predicted molar refractivity (Wildman–Crippen MR) is 87.6 cm³/mol. The molecule has 3 aromatic rings. The molecule has 0 unspecified atom stereocenters. The van der Waals surface area contributed by atoms with E-state index in [1.807, 2.05) is 42.5 Å². The van der Waals surface area contributed by atoms with Crippen molar-refractivity contribution in [3.05, 3.63) is 59.1 Å². The summed E-state index contributed by atoms with van der Waals surface area (Å²) < 4.78 is 6.99. The van der Waals surface area contributed by atoms with E-state index >= 15 is 0 Å². The molecule has 21 heavy (non-hydrogen) atoms. The maximum absolute atomic E-state index is 6.00. The van der Waals surface area contributed by atoms with Gasteiger partial charge in [-0.2, -0.15) is 0 Å². The maximum Gasteiger partial charge on any atom is 0.140 e. The van der Waals surface area contributed by atoms with Crippen LogP contribution in [0.15, 0.2) is 48.5 Å². The van der Waals surface area contributed by atoms with Gasteiger partial charge in [0.15, 0.2) is 0 Å². The Kier molecular flexibility index (Phi) is 4.18. The lowest BCUT2D eigenvalue weighted by molar-refractivity contribution is 0.305. The molecule has 0 bridgehead atoms. The highest BCUT2D eigenvalue weighted by atomic mass is 32.1. The molecule has 3 rings (SSSR count). The Hall–Kier alpha value is -1.91. The zero-order valence-corrected chi connectivity index (χ0v) is 12.8. The normalized spacial score (nSPS) is 12.5. The van der Waals surface area contributed by atoms with Gasteiger partial charge in [-0.05, 0) is 36.2 Å². The Morgan fingerprint density at radius 3 is 2.62 bits per heavy atom. The van der Waals surface area contributed by atoms with Gasteiger partial charge in [-0.1, -0.05) is 31.2 Å². The predicted octanol–water partition coefficient (Wildman–Crippen LogP) is 4.29. The van der Waals surface area contributed by atoms with Gasteiger partial charge in [-0.25, -0.2) is 4.98 Å². The van der Waals surface area contributed by atoms with E-state index in [2.05, 4.69) is 18.0 Å². The van der Waals surface area contributed by atoms with E-state index in [4.69, 9.17) is 10.5 Å². The Balaban J connectivity index is 1.67. The van der Waals surface area contributed by atoms with Crippen molar-refractivity contribution in [3.8, 4) is 5.75 Å². The van der Waals surface area contributed by atoms with Crippen LogP contribution in [0, 0.1) is 0 Å². The Morgan fingerprint density at radius 1 is 1.14 bits per heavy atom. The van der Waals surface area contributed by atoms with Gasteiger partial charge < -0.3 is 10.5 Å². The lowest BCUT2D eigenvalue weighted by Crippen LogP contribution is -2.08. The van der Waals surface area contributed by atoms with Crippen molar-refractivity contribution in [2.24, 2.45) is 5.73 Å². The summed E-state index contributed by atoms with van der Waals surface area (Å²) in [6.45, 7) is 2.58. The molecule has 0 fully saturated rings. The van der Waals surface area contributed by atoms with Crippen LogP contribution in [0.3, 0.4) is 0 Å². The van der Waals surface area contributed by atoms with Crippen LogP contribution in [0.5, 0.6) is 5.75 Å². The van der Waals surface area contributed by atoms with Crippen LogP contribution in [-0.2, 0) is 6.61 Å². The molecule has 0 radical (unpaired) electrons. The third-order valence-corrected chi connectivity index (χ3v) is 4.46. The highest BCUT2D eigenvalue weighted by Gasteiger charge is 2.05. The van der Waals surface area contributed by atoms with Crippen molar-refractivity contribution < 1.29 is 4.74 Å². The van der Waals surface area contributed by atoms with Crippen LogP contribution in [0.1, 0.15) is 30.0 Å². The number of nitrogens with zero attached hydrogens (tertiary/aromatic N) is 1. The molecular formula is C17H18N2OS. The first kappa shape index (κ1) is 14.0. The van der Waals surface area contributed by atoms with Gasteiger partial charge in [0, 0.05) is 6.04 Å². The number of aromatic nitrogens is 1. The van der Waals surface area contributed by atoms with Crippen LogP contribution in [0.2, 0.25) is 0 Å². The van der Waals surface area contributed by atoms with E-state index in [-0.39, 0.29) is 6.04 Å². The Labute approximate surface area is 128 Å². The lowest BCUT2D eigenvalue weighted by Gasteiger charge is -2.10. The van der Waals surface area contributed by atoms with E-state index in [0.717, 1.165) is 28.3 Å². The van der Waals surface area contributed by atoms with Crippen molar-refractivity contribution >= 4 is 21.6 Å². The molecule has 2 aromatic carbocycles. The summed E-state index contributed by atoms with van der Waals surface area (Å²) in [7, 11) is 0. The highest BCUT2D eigenvalue weighted by molar-refractivity contribution is 7.18. The molecule has 4 heteroatoms. The second-order valence-electron chi connectivity index (χ2n) is 4.95. The van der Waals surface area contributed by atoms with Gasteiger partial charge in [0.1, 0.15) is 17.4 Å². The number of nitrogens with two attached hydrogens (primary N) is 1. The minimum atomic E-state index is 0.100. The molecule has 0 saturated heterocycles. The number of para-hydroxylation sites is 1. The van der Waals surface area contributed by atoms with Crippen molar-refractivity contribution in [2.45, 2.75) is 26.0 Å². The van der Waals surface area contributed by atoms with E-state index in [9.17, 15) is 0 Å². The first-order chi connectivity index (χ1) is 10.3. The van der Waals surface area contributed by atoms with Gasteiger partial charge in [-0.15, -0.1) is 11.3 Å². The molecule has 2 N–H and O–H groups in total. The fourth-order valence-corrected chi connectivity index (χ4v) is 3.05. The summed E-state index contributed by atoms with van der Waals surface area (Å²) in [4.78, 5) is 4.56. The fourth-order valence-electron chi connectivity index (χ4n) is 2.17. The number of hydrogen-bond donors (Lipinski definition) is 1. The van der Waals surface area contributed by atoms with Crippen molar-refractivity contribution in [2.75, 3.05) is 0 Å². The summed E-state index contributed by atoms with van der Waals surface area (Å²) >= 11 is 1.67. The van der Waals surface area contributed by atoms with E-state index in [1.54, 1.807) is 11.3 Å². The average molecular weight is 298 g/mol. The third-order valence-electron chi connectivity index (χ3n) is 3.45. The molecular weight excluding hydrogens is 280 g/mol. The molecule has 1 heterocycles. The van der Waals surface area contributed by atoms with Crippen LogP contribution < -0.4 is 10.5 Å². The largest absolute Gasteiger partial charge is 0.486 e. The van der Waals surface area contributed by atoms with Crippen LogP contribution in [0.4, 0.5) is 0 Å². The molecule has 0 amide bonds. The quantitative estimate of drug-likeness (QED) is 0.764. The van der Waals surface area contributed by atoms with E-state index in [0.29, 0.717) is 6.61 Å². The topological polar surface area (TPSA) is 48.1 Å². The molecule has 3 nitrogen and oxygen atoms in total. The van der Waals surface area contributed by atoms with E-state index < -0.39 is 0 Å². The van der Waals surface area contributed by atoms with Gasteiger partial charge in [-0.3, -0.25) is 0 Å². The number of benzene rings is 2. The number of hydrogen-bond acceptors (Lipinski definition) is 4. The van der Waals surface area contributed by atoms with Gasteiger partial charge in [0.05, 0.1) is 10.2 Å². The van der Waals surface area contributed by atoms with Crippen molar-refractivity contribution in [1.82, 2.24) is 4.98 Å². The molecule has 1 atom stereocenters. The Bertz CT molecular complexity index is 688. The van der Waals surface area contributed by atoms with Crippen LogP contribution >= 0.6 is 11.3 Å². The smallest absolute Gasteiger partial charge is 0.140 e. The van der Waals surface area contributed by atoms with E-state index in [1.165, 1.54) is 4.70 Å². The van der Waals surface area contributed by atoms with Gasteiger partial charge in [0.2, 0.25) is 0 Å². The molecule has 0 aliphatic carbocycles. The number of ether oxygens (including phenoxy) is 1. The maximum atomic E-state index is 6.00. The number of thiazole rings is 1. The highest BCUT2D eigenvalue weighted by Crippen LogP contribution is 2.23. The minimum Gasteiger partial charge on any atom is -0.486 e. The monoisotopic (exact) mass is 298 g/mol. The molecule has 108 valence electrons. The summed E-state index contributed by atoms with van der Waals surface area (Å²) in [5, 5.41) is 0.991.